The molecular formula is C18H24N2O10. The lowest BCUT2D eigenvalue weighted by molar-refractivity contribution is -0.197. The highest BCUT2D eigenvalue weighted by Gasteiger charge is 2.33. The van der Waals surface area contributed by atoms with Gasteiger partial charge in [-0.1, -0.05) is 0 Å². The van der Waals surface area contributed by atoms with Gasteiger partial charge in [-0.05, 0) is 12.8 Å². The number of hydrogen-bond donors (Lipinski definition) is 0. The Bertz CT molecular complexity index is 602. The second-order valence-electron chi connectivity index (χ2n) is 6.52. The van der Waals surface area contributed by atoms with Crippen molar-refractivity contribution >= 4 is 35.6 Å². The van der Waals surface area contributed by atoms with Crippen LogP contribution in [0.5, 0.6) is 0 Å². The minimum atomic E-state index is -0.678. The predicted molar refractivity (Wildman–Crippen MR) is 94.5 cm³/mol. The summed E-state index contributed by atoms with van der Waals surface area (Å²) in [5, 5.41) is 1.02. The Labute approximate surface area is 172 Å². The molecule has 0 aliphatic carbocycles. The minimum Gasteiger partial charge on any atom is -0.379 e. The van der Waals surface area contributed by atoms with Crippen LogP contribution in [0.3, 0.4) is 0 Å². The topological polar surface area (TPSA) is 146 Å². The van der Waals surface area contributed by atoms with E-state index < -0.39 is 35.6 Å². The number of ether oxygens (including phenoxy) is 2. The summed E-state index contributed by atoms with van der Waals surface area (Å²) in [5.74, 6) is -3.44. The maximum atomic E-state index is 11.6. The summed E-state index contributed by atoms with van der Waals surface area (Å²) >= 11 is 0. The first-order chi connectivity index (χ1) is 14.4. The van der Waals surface area contributed by atoms with Crippen LogP contribution in [0.2, 0.25) is 0 Å². The molecule has 166 valence electrons. The molecule has 0 atom stereocenters. The van der Waals surface area contributed by atoms with Gasteiger partial charge in [0, 0.05) is 38.9 Å². The smallest absolute Gasteiger partial charge is 0.333 e. The molecule has 30 heavy (non-hydrogen) atoms. The van der Waals surface area contributed by atoms with Gasteiger partial charge in [0.2, 0.25) is 0 Å². The molecule has 0 bridgehead atoms. The molecule has 2 aliphatic heterocycles. The maximum absolute atomic E-state index is 11.6. The molecule has 2 rings (SSSR count). The van der Waals surface area contributed by atoms with E-state index >= 15 is 0 Å². The number of imide groups is 2. The molecule has 2 saturated heterocycles. The molecule has 0 spiro atoms. The number of nitrogens with zero attached hydrogens (tertiary/aromatic N) is 2. The van der Waals surface area contributed by atoms with Crippen molar-refractivity contribution in [1.29, 1.82) is 0 Å². The van der Waals surface area contributed by atoms with Crippen molar-refractivity contribution in [2.24, 2.45) is 0 Å². The largest absolute Gasteiger partial charge is 0.379 e. The standard InChI is InChI=1S/C18H24N2O10/c21-13-5-6-14(22)19(13)29-17(25)3-1-9-27-11-12-28-10-2-4-18(26)30-20-15(23)7-8-16(20)24/h1-12H2. The Morgan fingerprint density at radius 3 is 1.27 bits per heavy atom. The van der Waals surface area contributed by atoms with Gasteiger partial charge in [0.15, 0.2) is 0 Å². The molecule has 2 fully saturated rings. The van der Waals surface area contributed by atoms with Crippen LogP contribution in [0.25, 0.3) is 0 Å². The van der Waals surface area contributed by atoms with Crippen molar-refractivity contribution in [3.63, 3.8) is 0 Å². The van der Waals surface area contributed by atoms with Crippen LogP contribution in [-0.2, 0) is 47.9 Å². The van der Waals surface area contributed by atoms with Gasteiger partial charge in [-0.3, -0.25) is 19.2 Å². The molecule has 4 amide bonds. The van der Waals surface area contributed by atoms with Gasteiger partial charge in [0.05, 0.1) is 26.1 Å². The van der Waals surface area contributed by atoms with Crippen LogP contribution in [0.4, 0.5) is 0 Å². The highest BCUT2D eigenvalue weighted by Crippen LogP contribution is 2.13. The van der Waals surface area contributed by atoms with Crippen molar-refractivity contribution in [3.05, 3.63) is 0 Å². The molecule has 2 aliphatic rings. The second-order valence-corrected chi connectivity index (χ2v) is 6.52. The fourth-order valence-electron chi connectivity index (χ4n) is 2.57. The molecule has 0 N–H and O–H groups in total. The SMILES string of the molecule is O=C(CCCOCCOCCCC(=O)ON1C(=O)CCC1=O)ON1C(=O)CCC1=O. The summed E-state index contributed by atoms with van der Waals surface area (Å²) in [6.45, 7) is 1.09. The third-order valence-electron chi connectivity index (χ3n) is 4.11. The van der Waals surface area contributed by atoms with Gasteiger partial charge in [0.1, 0.15) is 0 Å². The number of rotatable bonds is 13. The quantitative estimate of drug-likeness (QED) is 0.285. The van der Waals surface area contributed by atoms with E-state index in [1.165, 1.54) is 0 Å². The van der Waals surface area contributed by atoms with E-state index in [-0.39, 0.29) is 65.0 Å². The fourth-order valence-corrected chi connectivity index (χ4v) is 2.57. The zero-order chi connectivity index (χ0) is 21.9. The van der Waals surface area contributed by atoms with Gasteiger partial charge < -0.3 is 19.1 Å². The van der Waals surface area contributed by atoms with Crippen LogP contribution in [-0.4, -0.2) is 72.1 Å². The Hall–Kier alpha value is -2.86. The van der Waals surface area contributed by atoms with Crippen LogP contribution in [0, 0.1) is 0 Å². The van der Waals surface area contributed by atoms with E-state index in [4.69, 9.17) is 19.1 Å². The van der Waals surface area contributed by atoms with Gasteiger partial charge in [-0.25, -0.2) is 9.59 Å². The first kappa shape index (κ1) is 23.4. The normalized spacial score (nSPS) is 16.5. The maximum Gasteiger partial charge on any atom is 0.333 e. The zero-order valence-electron chi connectivity index (χ0n) is 16.5. The monoisotopic (exact) mass is 428 g/mol. The summed E-state index contributed by atoms with van der Waals surface area (Å²) < 4.78 is 10.6. The van der Waals surface area contributed by atoms with Crippen molar-refractivity contribution in [2.75, 3.05) is 26.4 Å². The zero-order valence-corrected chi connectivity index (χ0v) is 16.5. The number of carbonyl (C=O) groups is 6. The van der Waals surface area contributed by atoms with Crippen LogP contribution in [0.1, 0.15) is 51.4 Å². The molecule has 12 heteroatoms. The molecule has 12 nitrogen and oxygen atoms in total. The highest BCUT2D eigenvalue weighted by molar-refractivity contribution is 6.02. The van der Waals surface area contributed by atoms with E-state index in [0.717, 1.165) is 0 Å². The summed E-state index contributed by atoms with van der Waals surface area (Å²) in [6, 6.07) is 0. The van der Waals surface area contributed by atoms with E-state index in [0.29, 0.717) is 23.0 Å². The number of amides is 4. The lowest BCUT2D eigenvalue weighted by Gasteiger charge is -2.12. The van der Waals surface area contributed by atoms with Crippen molar-refractivity contribution < 1.29 is 47.9 Å². The van der Waals surface area contributed by atoms with Gasteiger partial charge in [-0.2, -0.15) is 0 Å². The summed E-state index contributed by atoms with van der Waals surface area (Å²) in [6.07, 6.45) is 0.915. The van der Waals surface area contributed by atoms with E-state index in [1.54, 1.807) is 0 Å². The van der Waals surface area contributed by atoms with Crippen molar-refractivity contribution in [1.82, 2.24) is 10.1 Å². The molecule has 0 radical (unpaired) electrons. The van der Waals surface area contributed by atoms with Crippen LogP contribution < -0.4 is 0 Å². The van der Waals surface area contributed by atoms with Gasteiger partial charge in [-0.15, -0.1) is 10.1 Å². The van der Waals surface area contributed by atoms with Crippen LogP contribution in [0.15, 0.2) is 0 Å². The fraction of sp³-hybridized carbons (Fsp3) is 0.667. The molecule has 0 saturated carbocycles. The van der Waals surface area contributed by atoms with Crippen LogP contribution >= 0.6 is 0 Å². The number of hydrogen-bond acceptors (Lipinski definition) is 10. The second kappa shape index (κ2) is 12.0. The van der Waals surface area contributed by atoms with Gasteiger partial charge >= 0.3 is 11.9 Å². The average molecular weight is 428 g/mol. The minimum absolute atomic E-state index is 0.00204. The third-order valence-corrected chi connectivity index (χ3v) is 4.11. The Morgan fingerprint density at radius 2 is 0.933 bits per heavy atom. The predicted octanol–water partition coefficient (Wildman–Crippen LogP) is -0.206. The Balaban J connectivity index is 1.39. The summed E-state index contributed by atoms with van der Waals surface area (Å²) in [7, 11) is 0. The first-order valence-electron chi connectivity index (χ1n) is 9.67. The first-order valence-corrected chi connectivity index (χ1v) is 9.67. The molecular weight excluding hydrogens is 404 g/mol. The molecule has 0 aromatic carbocycles. The number of carbonyl (C=O) groups excluding carboxylic acids is 6. The van der Waals surface area contributed by atoms with E-state index in [2.05, 4.69) is 0 Å². The van der Waals surface area contributed by atoms with E-state index in [9.17, 15) is 28.8 Å². The van der Waals surface area contributed by atoms with E-state index in [1.807, 2.05) is 0 Å². The summed E-state index contributed by atoms with van der Waals surface area (Å²) in [5.41, 5.74) is 0. The Morgan fingerprint density at radius 1 is 0.600 bits per heavy atom. The number of hydroxylamine groups is 4. The highest BCUT2D eigenvalue weighted by atomic mass is 16.7. The average Bonchev–Trinajstić information content (AvgIpc) is 3.19. The van der Waals surface area contributed by atoms with Gasteiger partial charge in [0.25, 0.3) is 23.6 Å². The molecule has 0 aromatic heterocycles. The molecule has 0 unspecified atom stereocenters. The Kier molecular flexibility index (Phi) is 9.35. The molecule has 0 aromatic rings. The third kappa shape index (κ3) is 7.52. The lowest BCUT2D eigenvalue weighted by atomic mass is 10.3. The van der Waals surface area contributed by atoms with Crippen molar-refractivity contribution in [3.8, 4) is 0 Å². The lowest BCUT2D eigenvalue weighted by Crippen LogP contribution is -2.32. The van der Waals surface area contributed by atoms with Crippen molar-refractivity contribution in [2.45, 2.75) is 51.4 Å². The molecule has 2 heterocycles. The summed E-state index contributed by atoms with van der Waals surface area (Å²) in [4.78, 5) is 77.9.